The van der Waals surface area contributed by atoms with Crippen LogP contribution in [0.3, 0.4) is 0 Å². The maximum absolute atomic E-state index is 11.9. The van der Waals surface area contributed by atoms with Gasteiger partial charge in [0, 0.05) is 19.0 Å². The zero-order valence-corrected chi connectivity index (χ0v) is 13.7. The molecule has 0 saturated heterocycles. The number of carboxylic acid groups (broad SMARTS) is 1. The maximum atomic E-state index is 11.9. The Bertz CT molecular complexity index is 349. The van der Waals surface area contributed by atoms with Gasteiger partial charge >= 0.3 is 5.97 Å². The van der Waals surface area contributed by atoms with Gasteiger partial charge in [-0.15, -0.1) is 0 Å². The minimum absolute atomic E-state index is 0.114. The summed E-state index contributed by atoms with van der Waals surface area (Å²) in [7, 11) is 2.10. The van der Waals surface area contributed by atoms with Crippen LogP contribution >= 0.6 is 0 Å². The van der Waals surface area contributed by atoms with Crippen molar-refractivity contribution in [3.05, 3.63) is 0 Å². The molecule has 1 saturated carbocycles. The fraction of sp³-hybridized carbons (Fsp3) is 0.875. The van der Waals surface area contributed by atoms with Crippen LogP contribution in [0.5, 0.6) is 0 Å². The third-order valence-electron chi connectivity index (χ3n) is 4.65. The smallest absolute Gasteiger partial charge is 0.310 e. The summed E-state index contributed by atoms with van der Waals surface area (Å²) >= 11 is 0. The van der Waals surface area contributed by atoms with Gasteiger partial charge in [-0.3, -0.25) is 9.59 Å². The zero-order valence-electron chi connectivity index (χ0n) is 13.7. The van der Waals surface area contributed by atoms with Crippen LogP contribution in [0.1, 0.15) is 58.8 Å². The summed E-state index contributed by atoms with van der Waals surface area (Å²) in [4.78, 5) is 25.6. The Hall–Kier alpha value is -1.10. The Balaban J connectivity index is 2.21. The zero-order chi connectivity index (χ0) is 15.9. The predicted octanol–water partition coefficient (Wildman–Crippen LogP) is 2.26. The number of nitrogens with one attached hydrogen (secondary N) is 1. The summed E-state index contributed by atoms with van der Waals surface area (Å²) < 4.78 is 0. The highest BCUT2D eigenvalue weighted by Gasteiger charge is 2.42. The number of unbranched alkanes of at least 4 members (excludes halogenated alkanes) is 1. The lowest BCUT2D eigenvalue weighted by molar-refractivity contribution is -0.151. The molecule has 5 heteroatoms. The number of amides is 1. The van der Waals surface area contributed by atoms with Crippen LogP contribution in [0.4, 0.5) is 0 Å². The molecule has 1 aliphatic carbocycles. The summed E-state index contributed by atoms with van der Waals surface area (Å²) in [5, 5.41) is 12.2. The van der Waals surface area contributed by atoms with Gasteiger partial charge in [0.15, 0.2) is 0 Å². The first-order chi connectivity index (χ1) is 9.87. The third-order valence-corrected chi connectivity index (χ3v) is 4.65. The normalized spacial score (nSPS) is 17.4. The van der Waals surface area contributed by atoms with Gasteiger partial charge in [-0.2, -0.15) is 0 Å². The number of aliphatic carboxylic acids is 1. The molecule has 0 aliphatic heterocycles. The van der Waals surface area contributed by atoms with E-state index < -0.39 is 11.4 Å². The molecule has 0 spiro atoms. The second kappa shape index (κ2) is 8.37. The molecule has 1 amide bonds. The third kappa shape index (κ3) is 5.65. The second-order valence-electron chi connectivity index (χ2n) is 6.60. The Labute approximate surface area is 128 Å². The molecular weight excluding hydrogens is 268 g/mol. The van der Waals surface area contributed by atoms with Crippen LogP contribution in [-0.4, -0.2) is 48.1 Å². The molecule has 0 aromatic carbocycles. The Morgan fingerprint density at radius 1 is 1.24 bits per heavy atom. The Morgan fingerprint density at radius 3 is 2.38 bits per heavy atom. The van der Waals surface area contributed by atoms with Gasteiger partial charge in [0.1, 0.15) is 0 Å². The van der Waals surface area contributed by atoms with Crippen LogP contribution in [0.2, 0.25) is 0 Å². The van der Waals surface area contributed by atoms with Crippen molar-refractivity contribution in [1.82, 2.24) is 10.2 Å². The minimum Gasteiger partial charge on any atom is -0.481 e. The van der Waals surface area contributed by atoms with Crippen LogP contribution in [0.25, 0.3) is 0 Å². The predicted molar refractivity (Wildman–Crippen MR) is 83.2 cm³/mol. The lowest BCUT2D eigenvalue weighted by Gasteiger charge is -2.23. The number of hydrogen-bond acceptors (Lipinski definition) is 3. The fourth-order valence-electron chi connectivity index (χ4n) is 2.86. The van der Waals surface area contributed by atoms with E-state index in [1.807, 2.05) is 0 Å². The average Bonchev–Trinajstić information content (AvgIpc) is 2.87. The molecule has 5 nitrogen and oxygen atoms in total. The van der Waals surface area contributed by atoms with Gasteiger partial charge < -0.3 is 15.3 Å². The van der Waals surface area contributed by atoms with Crippen molar-refractivity contribution in [2.45, 2.75) is 64.8 Å². The molecule has 0 aromatic rings. The standard InChI is InChI=1S/C16H30N2O3/c1-13(2)18(3)11-7-6-10-17-14(19)12-16(15(20)21)8-4-5-9-16/h13H,4-12H2,1-3H3,(H,17,19)(H,20,21). The molecule has 2 N–H and O–H groups in total. The van der Waals surface area contributed by atoms with E-state index in [4.69, 9.17) is 0 Å². The van der Waals surface area contributed by atoms with Crippen LogP contribution in [0.15, 0.2) is 0 Å². The number of hydrogen-bond donors (Lipinski definition) is 2. The van der Waals surface area contributed by atoms with Gasteiger partial charge in [-0.25, -0.2) is 0 Å². The molecule has 0 atom stereocenters. The second-order valence-corrected chi connectivity index (χ2v) is 6.60. The first kappa shape index (κ1) is 18.0. The molecule has 0 aromatic heterocycles. The lowest BCUT2D eigenvalue weighted by atomic mass is 9.82. The largest absolute Gasteiger partial charge is 0.481 e. The van der Waals surface area contributed by atoms with Crippen LogP contribution < -0.4 is 5.32 Å². The fourth-order valence-corrected chi connectivity index (χ4v) is 2.86. The molecule has 1 rings (SSSR count). The van der Waals surface area contributed by atoms with E-state index in [9.17, 15) is 14.7 Å². The Morgan fingerprint density at radius 2 is 1.86 bits per heavy atom. The van der Waals surface area contributed by atoms with Crippen LogP contribution in [0, 0.1) is 5.41 Å². The number of carboxylic acids is 1. The van der Waals surface area contributed by atoms with E-state index in [-0.39, 0.29) is 12.3 Å². The topological polar surface area (TPSA) is 69.6 Å². The van der Waals surface area contributed by atoms with Gasteiger partial charge in [0.05, 0.1) is 5.41 Å². The quantitative estimate of drug-likeness (QED) is 0.641. The highest BCUT2D eigenvalue weighted by molar-refractivity contribution is 5.85. The molecule has 0 unspecified atom stereocenters. The van der Waals surface area contributed by atoms with E-state index in [1.165, 1.54) is 0 Å². The highest BCUT2D eigenvalue weighted by atomic mass is 16.4. The maximum Gasteiger partial charge on any atom is 0.310 e. The number of carbonyl (C=O) groups excluding carboxylic acids is 1. The number of carbonyl (C=O) groups is 2. The van der Waals surface area contributed by atoms with E-state index in [1.54, 1.807) is 0 Å². The van der Waals surface area contributed by atoms with Crippen molar-refractivity contribution in [2.75, 3.05) is 20.1 Å². The van der Waals surface area contributed by atoms with Gasteiger partial charge in [-0.05, 0) is 53.1 Å². The van der Waals surface area contributed by atoms with E-state index in [0.29, 0.717) is 25.4 Å². The minimum atomic E-state index is -0.811. The van der Waals surface area contributed by atoms with Crippen molar-refractivity contribution in [3.8, 4) is 0 Å². The van der Waals surface area contributed by atoms with Crippen LogP contribution in [-0.2, 0) is 9.59 Å². The summed E-state index contributed by atoms with van der Waals surface area (Å²) in [6.07, 6.45) is 5.21. The Kier molecular flexibility index (Phi) is 7.15. The van der Waals surface area contributed by atoms with Crippen molar-refractivity contribution in [3.63, 3.8) is 0 Å². The number of rotatable bonds is 9. The average molecular weight is 298 g/mol. The molecule has 0 radical (unpaired) electrons. The highest BCUT2D eigenvalue weighted by Crippen LogP contribution is 2.41. The lowest BCUT2D eigenvalue weighted by Crippen LogP contribution is -2.36. The van der Waals surface area contributed by atoms with E-state index in [0.717, 1.165) is 32.2 Å². The molecular formula is C16H30N2O3. The van der Waals surface area contributed by atoms with E-state index >= 15 is 0 Å². The van der Waals surface area contributed by atoms with Crippen molar-refractivity contribution in [2.24, 2.45) is 5.41 Å². The molecule has 1 aliphatic rings. The van der Waals surface area contributed by atoms with Gasteiger partial charge in [0.25, 0.3) is 0 Å². The monoisotopic (exact) mass is 298 g/mol. The molecule has 21 heavy (non-hydrogen) atoms. The number of nitrogens with zero attached hydrogens (tertiary/aromatic N) is 1. The van der Waals surface area contributed by atoms with Gasteiger partial charge in [-0.1, -0.05) is 12.8 Å². The molecule has 1 fully saturated rings. The van der Waals surface area contributed by atoms with Crippen molar-refractivity contribution >= 4 is 11.9 Å². The first-order valence-electron chi connectivity index (χ1n) is 8.08. The van der Waals surface area contributed by atoms with E-state index in [2.05, 4.69) is 31.1 Å². The molecule has 0 heterocycles. The molecule has 122 valence electrons. The SMILES string of the molecule is CC(C)N(C)CCCCNC(=O)CC1(C(=O)O)CCCC1. The summed E-state index contributed by atoms with van der Waals surface area (Å²) in [6, 6.07) is 0.539. The summed E-state index contributed by atoms with van der Waals surface area (Å²) in [5.74, 6) is -0.926. The first-order valence-corrected chi connectivity index (χ1v) is 8.08. The van der Waals surface area contributed by atoms with Gasteiger partial charge in [0.2, 0.25) is 5.91 Å². The molecule has 0 bridgehead atoms. The van der Waals surface area contributed by atoms with Crippen molar-refractivity contribution in [1.29, 1.82) is 0 Å². The summed E-state index contributed by atoms with van der Waals surface area (Å²) in [6.45, 7) is 5.98. The van der Waals surface area contributed by atoms with Crippen molar-refractivity contribution < 1.29 is 14.7 Å². The summed E-state index contributed by atoms with van der Waals surface area (Å²) in [5.41, 5.74) is -0.804.